The molecule has 1 atom stereocenters. The molecule has 0 radical (unpaired) electrons. The minimum atomic E-state index is -0.0231. The van der Waals surface area contributed by atoms with Gasteiger partial charge >= 0.3 is 0 Å². The van der Waals surface area contributed by atoms with Crippen LogP contribution in [-0.4, -0.2) is 70.4 Å². The lowest BCUT2D eigenvalue weighted by atomic mass is 10.1. The summed E-state index contributed by atoms with van der Waals surface area (Å²) >= 11 is 0. The van der Waals surface area contributed by atoms with E-state index in [9.17, 15) is 4.79 Å². The van der Waals surface area contributed by atoms with Crippen LogP contribution in [0.3, 0.4) is 0 Å². The number of carbonyl (C=O) groups is 1. The lowest BCUT2D eigenvalue weighted by molar-refractivity contribution is 0.0303. The predicted molar refractivity (Wildman–Crippen MR) is 140 cm³/mol. The highest BCUT2D eigenvalue weighted by molar-refractivity contribution is 6.11. The summed E-state index contributed by atoms with van der Waals surface area (Å²) in [5, 5.41) is 0. The van der Waals surface area contributed by atoms with Gasteiger partial charge in [0.1, 0.15) is 11.5 Å². The van der Waals surface area contributed by atoms with E-state index in [-0.39, 0.29) is 5.91 Å². The molecule has 0 spiro atoms. The van der Waals surface area contributed by atoms with Gasteiger partial charge in [-0.1, -0.05) is 18.2 Å². The Morgan fingerprint density at radius 3 is 2.72 bits per heavy atom. The van der Waals surface area contributed by atoms with Crippen LogP contribution in [0.15, 0.2) is 65.9 Å². The van der Waals surface area contributed by atoms with Crippen LogP contribution >= 0.6 is 0 Å². The molecule has 1 aromatic carbocycles. The van der Waals surface area contributed by atoms with Gasteiger partial charge in [-0.2, -0.15) is 0 Å². The molecule has 2 aromatic heterocycles. The summed E-state index contributed by atoms with van der Waals surface area (Å²) in [4.78, 5) is 34.1. The number of allylic oxidation sites excluding steroid dienone is 1. The maximum atomic E-state index is 12.9. The Labute approximate surface area is 210 Å². The molecule has 1 unspecified atom stereocenters. The number of H-pyrrole nitrogens is 1. The largest absolute Gasteiger partial charge is 0.398 e. The van der Waals surface area contributed by atoms with Crippen LogP contribution in [-0.2, 0) is 4.74 Å². The van der Waals surface area contributed by atoms with Gasteiger partial charge < -0.3 is 25.3 Å². The molecule has 2 saturated heterocycles. The summed E-state index contributed by atoms with van der Waals surface area (Å²) in [6.45, 7) is 5.52. The molecule has 36 heavy (non-hydrogen) atoms. The number of ether oxygens (including phenoxy) is 1. The smallest absolute Gasteiger partial charge is 0.254 e. The zero-order chi connectivity index (χ0) is 24.9. The third-order valence-corrected chi connectivity index (χ3v) is 6.58. The second-order valence-corrected chi connectivity index (χ2v) is 9.06. The average Bonchev–Trinajstić information content (AvgIpc) is 3.61. The minimum Gasteiger partial charge on any atom is -0.398 e. The van der Waals surface area contributed by atoms with Gasteiger partial charge in [0.15, 0.2) is 11.6 Å². The molecule has 2 aliphatic rings. The number of benzene rings is 1. The number of pyridine rings is 1. The maximum Gasteiger partial charge on any atom is 0.254 e. The number of morpholine rings is 1. The molecular formula is C27H31N7O2. The lowest BCUT2D eigenvalue weighted by Crippen LogP contribution is -2.40. The summed E-state index contributed by atoms with van der Waals surface area (Å²) in [6, 6.07) is 13.7. The summed E-state index contributed by atoms with van der Waals surface area (Å²) in [5.74, 6) is 2.06. The Balaban J connectivity index is 1.44. The standard InChI is InChI=1S/C27H31N7O2/c1-19-5-4-12-34(19)25-9-3-8-24(32-25)31-23(26-29-10-11-30-26)18-22(28)20-6-2-7-21(17-20)27(35)33-13-15-36-16-14-33/h2-3,6-11,17-19H,4-5,12-16,28H2,1H3,(H,29,30)/b22-18-,31-23?. The Kier molecular flexibility index (Phi) is 7.08. The van der Waals surface area contributed by atoms with Gasteiger partial charge in [-0.3, -0.25) is 4.79 Å². The van der Waals surface area contributed by atoms with Gasteiger partial charge in [-0.15, -0.1) is 0 Å². The Bertz CT molecular complexity index is 1260. The first-order valence-corrected chi connectivity index (χ1v) is 12.4. The number of aromatic nitrogens is 3. The molecule has 186 valence electrons. The number of nitrogens with one attached hydrogen (secondary N) is 1. The van der Waals surface area contributed by atoms with E-state index in [1.807, 2.05) is 42.5 Å². The molecule has 0 bridgehead atoms. The molecule has 1 amide bonds. The van der Waals surface area contributed by atoms with Crippen molar-refractivity contribution in [1.82, 2.24) is 19.9 Å². The van der Waals surface area contributed by atoms with E-state index < -0.39 is 0 Å². The maximum absolute atomic E-state index is 12.9. The Hall–Kier alpha value is -3.98. The summed E-state index contributed by atoms with van der Waals surface area (Å²) in [6.07, 6.45) is 7.52. The number of aliphatic imine (C=N–C) groups is 1. The Morgan fingerprint density at radius 2 is 1.97 bits per heavy atom. The van der Waals surface area contributed by atoms with Crippen molar-refractivity contribution in [2.75, 3.05) is 37.7 Å². The van der Waals surface area contributed by atoms with E-state index in [1.165, 1.54) is 12.8 Å². The van der Waals surface area contributed by atoms with Crippen molar-refractivity contribution in [3.63, 3.8) is 0 Å². The van der Waals surface area contributed by atoms with Gasteiger partial charge in [0.25, 0.3) is 5.91 Å². The minimum absolute atomic E-state index is 0.0231. The molecule has 9 heteroatoms. The number of rotatable bonds is 6. The molecule has 3 N–H and O–H groups in total. The third-order valence-electron chi connectivity index (χ3n) is 6.58. The van der Waals surface area contributed by atoms with E-state index in [1.54, 1.807) is 23.4 Å². The van der Waals surface area contributed by atoms with Crippen molar-refractivity contribution in [1.29, 1.82) is 0 Å². The fraction of sp³-hybridized carbons (Fsp3) is 0.333. The molecule has 2 fully saturated rings. The second-order valence-electron chi connectivity index (χ2n) is 9.06. The summed E-state index contributed by atoms with van der Waals surface area (Å²) in [7, 11) is 0. The second kappa shape index (κ2) is 10.7. The van der Waals surface area contributed by atoms with Crippen LogP contribution in [0, 0.1) is 0 Å². The molecule has 0 aliphatic carbocycles. The van der Waals surface area contributed by atoms with Crippen LogP contribution < -0.4 is 10.6 Å². The van der Waals surface area contributed by atoms with E-state index in [0.29, 0.717) is 61.0 Å². The quantitative estimate of drug-likeness (QED) is 0.518. The zero-order valence-corrected chi connectivity index (χ0v) is 20.4. The third kappa shape index (κ3) is 5.31. The molecule has 9 nitrogen and oxygen atoms in total. The Morgan fingerprint density at radius 1 is 1.17 bits per heavy atom. The number of anilines is 1. The van der Waals surface area contributed by atoms with Crippen LogP contribution in [0.5, 0.6) is 0 Å². The summed E-state index contributed by atoms with van der Waals surface area (Å²) in [5.41, 5.74) is 8.88. The highest BCUT2D eigenvalue weighted by atomic mass is 16.5. The van der Waals surface area contributed by atoms with Crippen LogP contribution in [0.2, 0.25) is 0 Å². The predicted octanol–water partition coefficient (Wildman–Crippen LogP) is 3.39. The number of hydrogen-bond donors (Lipinski definition) is 2. The molecule has 2 aliphatic heterocycles. The van der Waals surface area contributed by atoms with E-state index >= 15 is 0 Å². The topological polar surface area (TPSA) is 113 Å². The number of nitrogens with zero attached hydrogens (tertiary/aromatic N) is 5. The van der Waals surface area contributed by atoms with Gasteiger partial charge in [0.05, 0.1) is 13.2 Å². The van der Waals surface area contributed by atoms with E-state index in [4.69, 9.17) is 20.4 Å². The van der Waals surface area contributed by atoms with Crippen LogP contribution in [0.25, 0.3) is 5.70 Å². The van der Waals surface area contributed by atoms with Crippen molar-refractivity contribution in [3.8, 4) is 0 Å². The molecule has 3 aromatic rings. The highest BCUT2D eigenvalue weighted by Gasteiger charge is 2.22. The molecule has 0 saturated carbocycles. The number of hydrogen-bond acceptors (Lipinski definition) is 7. The first kappa shape index (κ1) is 23.7. The number of imidazole rings is 1. The van der Waals surface area contributed by atoms with Crippen molar-refractivity contribution >= 4 is 29.0 Å². The number of nitrogens with two attached hydrogens (primary N) is 1. The van der Waals surface area contributed by atoms with E-state index in [2.05, 4.69) is 21.8 Å². The van der Waals surface area contributed by atoms with Gasteiger partial charge in [-0.05, 0) is 55.7 Å². The van der Waals surface area contributed by atoms with Gasteiger partial charge in [-0.25, -0.2) is 15.0 Å². The zero-order valence-electron chi connectivity index (χ0n) is 20.4. The van der Waals surface area contributed by atoms with Crippen molar-refractivity contribution in [2.45, 2.75) is 25.8 Å². The molecule has 5 rings (SSSR count). The van der Waals surface area contributed by atoms with Crippen molar-refractivity contribution in [2.24, 2.45) is 10.7 Å². The first-order valence-electron chi connectivity index (χ1n) is 12.4. The fourth-order valence-electron chi connectivity index (χ4n) is 4.60. The van der Waals surface area contributed by atoms with Gasteiger partial charge in [0, 0.05) is 49.3 Å². The van der Waals surface area contributed by atoms with Crippen LogP contribution in [0.4, 0.5) is 11.6 Å². The van der Waals surface area contributed by atoms with Crippen LogP contribution in [0.1, 0.15) is 41.5 Å². The molecule has 4 heterocycles. The van der Waals surface area contributed by atoms with Gasteiger partial charge in [0.2, 0.25) is 0 Å². The highest BCUT2D eigenvalue weighted by Crippen LogP contribution is 2.25. The van der Waals surface area contributed by atoms with Crippen molar-refractivity contribution in [3.05, 3.63) is 77.9 Å². The van der Waals surface area contributed by atoms with Crippen molar-refractivity contribution < 1.29 is 9.53 Å². The fourth-order valence-corrected chi connectivity index (χ4v) is 4.60. The normalized spacial score (nSPS) is 19.1. The summed E-state index contributed by atoms with van der Waals surface area (Å²) < 4.78 is 5.36. The SMILES string of the molecule is CC1CCCN1c1cccc(N=C(/C=C(\N)c2cccc(C(=O)N3CCOCC3)c2)c2ncc[nH]2)n1. The van der Waals surface area contributed by atoms with E-state index in [0.717, 1.165) is 17.9 Å². The monoisotopic (exact) mass is 485 g/mol. The number of carbonyl (C=O) groups excluding carboxylic acids is 1. The average molecular weight is 486 g/mol. The molecular weight excluding hydrogens is 454 g/mol. The number of amides is 1. The first-order chi connectivity index (χ1) is 17.6. The number of aromatic amines is 1. The lowest BCUT2D eigenvalue weighted by Gasteiger charge is -2.27.